The van der Waals surface area contributed by atoms with Crippen LogP contribution < -0.4 is 0 Å². The third kappa shape index (κ3) is 5.13. The summed E-state index contributed by atoms with van der Waals surface area (Å²) in [7, 11) is 0. The number of para-hydroxylation sites is 1. The van der Waals surface area contributed by atoms with E-state index in [1.807, 2.05) is 24.3 Å². The maximum atomic E-state index is 10.6. The summed E-state index contributed by atoms with van der Waals surface area (Å²) in [5.74, 6) is 0.213. The van der Waals surface area contributed by atoms with Crippen molar-refractivity contribution in [1.82, 2.24) is 9.97 Å². The van der Waals surface area contributed by atoms with E-state index in [1.54, 1.807) is 6.07 Å². The molecule has 0 aliphatic heterocycles. The Balaban J connectivity index is 1.25. The lowest BCUT2D eigenvalue weighted by molar-refractivity contribution is 0.477. The van der Waals surface area contributed by atoms with E-state index in [1.165, 1.54) is 66.1 Å². The van der Waals surface area contributed by atoms with Crippen LogP contribution in [0, 0.1) is 27.7 Å². The van der Waals surface area contributed by atoms with Gasteiger partial charge in [0.1, 0.15) is 5.75 Å². The van der Waals surface area contributed by atoms with E-state index in [0.717, 1.165) is 38.8 Å². The van der Waals surface area contributed by atoms with Gasteiger partial charge in [-0.3, -0.25) is 0 Å². The molecule has 51 heavy (non-hydrogen) atoms. The van der Waals surface area contributed by atoms with Crippen LogP contribution in [-0.4, -0.2) is 15.1 Å². The normalized spacial score (nSPS) is 11.6. The summed E-state index contributed by atoms with van der Waals surface area (Å²) >= 11 is 0. The molecule has 0 fully saturated rings. The lowest BCUT2D eigenvalue weighted by Gasteiger charge is -2.20. The molecule has 0 saturated carbocycles. The summed E-state index contributed by atoms with van der Waals surface area (Å²) in [5, 5.41) is 17.7. The smallest absolute Gasteiger partial charge is 0.124 e. The van der Waals surface area contributed by atoms with Crippen molar-refractivity contribution in [3.63, 3.8) is 0 Å². The minimum Gasteiger partial charge on any atom is -0.507 e. The number of phenolic OH excluding ortho intramolecular Hbond substituents is 1. The molecule has 2 heterocycles. The SMILES string of the molecule is Cc1ccc2c(-c3cc(C)c(-c4ccc5ccc6ccc(-c7ccccc7O)nc6c5n4)c(C)c3)c3cc(C)ccc3c(-c3ccccc3)c2c1. The van der Waals surface area contributed by atoms with Crippen LogP contribution in [0.1, 0.15) is 22.3 Å². The highest BCUT2D eigenvalue weighted by molar-refractivity contribution is 6.21. The lowest BCUT2D eigenvalue weighted by atomic mass is 9.83. The summed E-state index contributed by atoms with van der Waals surface area (Å²) < 4.78 is 0. The van der Waals surface area contributed by atoms with Gasteiger partial charge in [-0.25, -0.2) is 9.97 Å². The van der Waals surface area contributed by atoms with Gasteiger partial charge in [0.15, 0.2) is 0 Å². The van der Waals surface area contributed by atoms with Gasteiger partial charge in [-0.05, 0) is 107 Å². The topological polar surface area (TPSA) is 46.0 Å². The van der Waals surface area contributed by atoms with Crippen molar-refractivity contribution in [3.05, 3.63) is 162 Å². The second-order valence-corrected chi connectivity index (χ2v) is 13.8. The molecule has 0 unspecified atom stereocenters. The van der Waals surface area contributed by atoms with Gasteiger partial charge in [-0.1, -0.05) is 126 Å². The Hall–Kier alpha value is -6.32. The van der Waals surface area contributed by atoms with Crippen LogP contribution in [0.4, 0.5) is 0 Å². The summed E-state index contributed by atoms with van der Waals surface area (Å²) in [6.45, 7) is 8.76. The number of aromatic hydroxyl groups is 1. The second kappa shape index (κ2) is 11.9. The molecule has 0 spiro atoms. The van der Waals surface area contributed by atoms with Gasteiger partial charge >= 0.3 is 0 Å². The van der Waals surface area contributed by atoms with Crippen LogP contribution in [0.25, 0.3) is 88.1 Å². The van der Waals surface area contributed by atoms with Crippen molar-refractivity contribution >= 4 is 43.4 Å². The molecule has 1 N–H and O–H groups in total. The van der Waals surface area contributed by atoms with Crippen LogP contribution in [0.2, 0.25) is 0 Å². The van der Waals surface area contributed by atoms with E-state index >= 15 is 0 Å². The number of hydrogen-bond donors (Lipinski definition) is 1. The van der Waals surface area contributed by atoms with Gasteiger partial charge in [0, 0.05) is 21.9 Å². The van der Waals surface area contributed by atoms with Crippen LogP contribution in [0.3, 0.4) is 0 Å². The third-order valence-corrected chi connectivity index (χ3v) is 10.3. The van der Waals surface area contributed by atoms with E-state index in [2.05, 4.69) is 137 Å². The highest BCUT2D eigenvalue weighted by Gasteiger charge is 2.20. The molecule has 7 aromatic carbocycles. The average molecular weight is 657 g/mol. The molecule has 3 heteroatoms. The van der Waals surface area contributed by atoms with Crippen LogP contribution in [0.15, 0.2) is 140 Å². The van der Waals surface area contributed by atoms with E-state index in [0.29, 0.717) is 5.56 Å². The molecular weight excluding hydrogens is 621 g/mol. The van der Waals surface area contributed by atoms with Crippen LogP contribution >= 0.6 is 0 Å². The van der Waals surface area contributed by atoms with Gasteiger partial charge in [-0.15, -0.1) is 0 Å². The fourth-order valence-electron chi connectivity index (χ4n) is 7.94. The number of aromatic nitrogens is 2. The first kappa shape index (κ1) is 30.7. The Morgan fingerprint density at radius 3 is 1.53 bits per heavy atom. The first-order valence-electron chi connectivity index (χ1n) is 17.5. The average Bonchev–Trinajstić information content (AvgIpc) is 3.14. The zero-order valence-corrected chi connectivity index (χ0v) is 29.1. The van der Waals surface area contributed by atoms with Gasteiger partial charge in [-0.2, -0.15) is 0 Å². The zero-order valence-electron chi connectivity index (χ0n) is 29.1. The Morgan fingerprint density at radius 1 is 0.412 bits per heavy atom. The van der Waals surface area contributed by atoms with Crippen molar-refractivity contribution in [1.29, 1.82) is 0 Å². The molecule has 0 radical (unpaired) electrons. The predicted molar refractivity (Wildman–Crippen MR) is 214 cm³/mol. The molecule has 0 aliphatic rings. The largest absolute Gasteiger partial charge is 0.507 e. The number of phenols is 1. The van der Waals surface area contributed by atoms with E-state index in [-0.39, 0.29) is 5.75 Å². The summed E-state index contributed by atoms with van der Waals surface area (Å²) in [4.78, 5) is 10.3. The van der Waals surface area contributed by atoms with Gasteiger partial charge < -0.3 is 5.11 Å². The minimum atomic E-state index is 0.213. The molecule has 9 rings (SSSR count). The lowest BCUT2D eigenvalue weighted by Crippen LogP contribution is -1.96. The first-order valence-corrected chi connectivity index (χ1v) is 17.5. The van der Waals surface area contributed by atoms with Crippen LogP contribution in [-0.2, 0) is 0 Å². The minimum absolute atomic E-state index is 0.213. The highest BCUT2D eigenvalue weighted by Crippen LogP contribution is 2.45. The van der Waals surface area contributed by atoms with Crippen molar-refractivity contribution in [2.75, 3.05) is 0 Å². The summed E-state index contributed by atoms with van der Waals surface area (Å²) in [5.41, 5.74) is 15.0. The van der Waals surface area contributed by atoms with Crippen LogP contribution in [0.5, 0.6) is 5.75 Å². The number of nitrogens with zero attached hydrogens (tertiary/aromatic N) is 2. The Labute approximate surface area is 297 Å². The number of aryl methyl sites for hydroxylation is 4. The highest BCUT2D eigenvalue weighted by atomic mass is 16.3. The Kier molecular flexibility index (Phi) is 7.18. The Morgan fingerprint density at radius 2 is 0.922 bits per heavy atom. The maximum Gasteiger partial charge on any atom is 0.124 e. The van der Waals surface area contributed by atoms with Crippen molar-refractivity contribution in [3.8, 4) is 50.5 Å². The monoisotopic (exact) mass is 656 g/mol. The van der Waals surface area contributed by atoms with E-state index in [9.17, 15) is 5.11 Å². The molecule has 2 aromatic heterocycles. The van der Waals surface area contributed by atoms with E-state index < -0.39 is 0 Å². The standard InChI is InChI=1S/C48H36N2O/c1-28-15-21-37-39(24-28)45(32-10-6-5-7-11-32)36-20-14-29(2)25-40(36)46(37)35-26-30(3)44(31(4)27-35)42-23-19-34-17-16-33-18-22-41(49-47(33)48(34)50-42)38-12-8-9-13-43(38)51/h5-27,51H,1-4H3. The van der Waals surface area contributed by atoms with Crippen molar-refractivity contribution < 1.29 is 5.11 Å². The van der Waals surface area contributed by atoms with Crippen molar-refractivity contribution in [2.24, 2.45) is 0 Å². The third-order valence-electron chi connectivity index (χ3n) is 10.3. The molecule has 244 valence electrons. The summed E-state index contributed by atoms with van der Waals surface area (Å²) in [6.07, 6.45) is 0. The fraction of sp³-hybridized carbons (Fsp3) is 0.0833. The number of pyridine rings is 2. The summed E-state index contributed by atoms with van der Waals surface area (Å²) in [6, 6.07) is 49.1. The van der Waals surface area contributed by atoms with Gasteiger partial charge in [0.25, 0.3) is 0 Å². The molecule has 0 amide bonds. The molecule has 0 saturated heterocycles. The van der Waals surface area contributed by atoms with E-state index in [4.69, 9.17) is 9.97 Å². The maximum absolute atomic E-state index is 10.6. The predicted octanol–water partition coefficient (Wildman–Crippen LogP) is 12.7. The molecule has 0 bridgehead atoms. The first-order chi connectivity index (χ1) is 24.8. The van der Waals surface area contributed by atoms with Gasteiger partial charge in [0.05, 0.1) is 22.4 Å². The number of fused-ring (bicyclic) bond motifs is 5. The molecule has 0 atom stereocenters. The second-order valence-electron chi connectivity index (χ2n) is 13.8. The zero-order chi connectivity index (χ0) is 34.8. The molecule has 3 nitrogen and oxygen atoms in total. The van der Waals surface area contributed by atoms with Gasteiger partial charge in [0.2, 0.25) is 0 Å². The Bertz CT molecular complexity index is 2830. The molecule has 9 aromatic rings. The number of rotatable bonds is 4. The van der Waals surface area contributed by atoms with Crippen molar-refractivity contribution in [2.45, 2.75) is 27.7 Å². The fourth-order valence-corrected chi connectivity index (χ4v) is 7.94. The molecular formula is C48H36N2O. The quantitative estimate of drug-likeness (QED) is 0.151. The molecule has 0 aliphatic carbocycles. The number of hydrogen-bond acceptors (Lipinski definition) is 3. The number of benzene rings is 7.